The zero-order valence-corrected chi connectivity index (χ0v) is 6.76. The summed E-state index contributed by atoms with van der Waals surface area (Å²) in [6.45, 7) is 1.83. The third-order valence-electron chi connectivity index (χ3n) is 2.11. The molecule has 0 aliphatic carbocycles. The van der Waals surface area contributed by atoms with Gasteiger partial charge in [-0.15, -0.1) is 0 Å². The van der Waals surface area contributed by atoms with Gasteiger partial charge in [-0.25, -0.2) is 4.79 Å². The van der Waals surface area contributed by atoms with Gasteiger partial charge in [-0.3, -0.25) is 0 Å². The topological polar surface area (TPSA) is 32.3 Å². The van der Waals surface area contributed by atoms with Crippen LogP contribution in [0.4, 0.5) is 0 Å². The number of hydrogen-bond acceptors (Lipinski definition) is 3. The molecule has 3 nitrogen and oxygen atoms in total. The van der Waals surface area contributed by atoms with Crippen LogP contribution in [0.15, 0.2) is 0 Å². The van der Waals surface area contributed by atoms with Crippen LogP contribution in [0.2, 0.25) is 0 Å². The predicted octanol–water partition coefficient (Wildman–Crippen LogP) is -0.181. The van der Waals surface area contributed by atoms with Crippen LogP contribution >= 0.6 is 0 Å². The zero-order chi connectivity index (χ0) is 8.10. The third kappa shape index (κ3) is 2.37. The fourth-order valence-electron chi connectivity index (χ4n) is 1.34. The van der Waals surface area contributed by atoms with E-state index in [2.05, 4.69) is 11.5 Å². The van der Waals surface area contributed by atoms with Crippen molar-refractivity contribution < 1.29 is 4.79 Å². The van der Waals surface area contributed by atoms with Crippen LogP contribution in [-0.4, -0.2) is 37.0 Å². The van der Waals surface area contributed by atoms with Gasteiger partial charge in [0.05, 0.1) is 0 Å². The van der Waals surface area contributed by atoms with Crippen molar-refractivity contribution in [3.63, 3.8) is 0 Å². The zero-order valence-electron chi connectivity index (χ0n) is 6.76. The molecule has 0 saturated carbocycles. The average Bonchev–Trinajstić information content (AvgIpc) is 2.07. The molecule has 1 saturated heterocycles. The number of carbonyl (C=O) groups excluding carboxylic acids is 1. The van der Waals surface area contributed by atoms with Crippen LogP contribution < -0.4 is 5.32 Å². The summed E-state index contributed by atoms with van der Waals surface area (Å²) in [5.41, 5.74) is 0. The van der Waals surface area contributed by atoms with Crippen molar-refractivity contribution in [2.75, 3.05) is 20.1 Å². The molecule has 1 heterocycles. The maximum atomic E-state index is 9.93. The number of nitrogens with zero attached hydrogens (tertiary/aromatic N) is 1. The summed E-state index contributed by atoms with van der Waals surface area (Å²) in [5.74, 6) is 1.68. The molecule has 1 rings (SSSR count). The molecule has 0 amide bonds. The summed E-state index contributed by atoms with van der Waals surface area (Å²) in [6.07, 6.45) is 4.71. The lowest BCUT2D eigenvalue weighted by atomic mass is 10.1. The van der Waals surface area contributed by atoms with E-state index in [9.17, 15) is 4.79 Å². The van der Waals surface area contributed by atoms with Crippen LogP contribution in [-0.2, 0) is 4.79 Å². The Kier molecular flexibility index (Phi) is 3.14. The first-order chi connectivity index (χ1) is 5.36. The van der Waals surface area contributed by atoms with E-state index >= 15 is 0 Å². The van der Waals surface area contributed by atoms with E-state index in [0.29, 0.717) is 6.04 Å². The highest BCUT2D eigenvalue weighted by atomic mass is 16.1. The van der Waals surface area contributed by atoms with Crippen LogP contribution in [0.25, 0.3) is 0 Å². The monoisotopic (exact) mass is 153 g/mol. The average molecular weight is 153 g/mol. The molecule has 11 heavy (non-hydrogen) atoms. The SMILES string of the molecule is CNC1CCN([C]=C=O)CC1. The highest BCUT2D eigenvalue weighted by Gasteiger charge is 2.15. The van der Waals surface area contributed by atoms with Gasteiger partial charge >= 0.3 is 0 Å². The largest absolute Gasteiger partial charge is 0.360 e. The van der Waals surface area contributed by atoms with Gasteiger partial charge in [-0.05, 0) is 19.9 Å². The van der Waals surface area contributed by atoms with Gasteiger partial charge in [-0.1, -0.05) is 0 Å². The molecule has 3 heteroatoms. The number of piperidine rings is 1. The van der Waals surface area contributed by atoms with Crippen molar-refractivity contribution in [3.8, 4) is 0 Å². The molecule has 0 aromatic carbocycles. The Labute approximate surface area is 67.1 Å². The molecule has 1 aliphatic rings. The molecule has 1 N–H and O–H groups in total. The maximum absolute atomic E-state index is 9.93. The second kappa shape index (κ2) is 4.16. The summed E-state index contributed by atoms with van der Waals surface area (Å²) in [6, 6.07) is 0.611. The second-order valence-electron chi connectivity index (χ2n) is 2.76. The van der Waals surface area contributed by atoms with E-state index in [1.54, 1.807) is 5.94 Å². The number of rotatable bonds is 2. The van der Waals surface area contributed by atoms with Gasteiger partial charge in [-0.2, -0.15) is 0 Å². The third-order valence-corrected chi connectivity index (χ3v) is 2.11. The molecule has 0 bridgehead atoms. The van der Waals surface area contributed by atoms with Gasteiger partial charge in [0, 0.05) is 19.1 Å². The molecular weight excluding hydrogens is 140 g/mol. The van der Waals surface area contributed by atoms with E-state index in [-0.39, 0.29) is 0 Å². The predicted molar refractivity (Wildman–Crippen MR) is 42.6 cm³/mol. The Morgan fingerprint density at radius 3 is 2.55 bits per heavy atom. The van der Waals surface area contributed by atoms with Crippen molar-refractivity contribution in [1.29, 1.82) is 0 Å². The Balaban J connectivity index is 2.29. The molecule has 0 spiro atoms. The van der Waals surface area contributed by atoms with E-state index in [0.717, 1.165) is 25.9 Å². The van der Waals surface area contributed by atoms with Crippen LogP contribution in [0.3, 0.4) is 0 Å². The summed E-state index contributed by atoms with van der Waals surface area (Å²) in [4.78, 5) is 11.8. The molecule has 61 valence electrons. The molecular formula is C8H13N2O. The quantitative estimate of drug-likeness (QED) is 0.558. The lowest BCUT2D eigenvalue weighted by Crippen LogP contribution is -2.39. The van der Waals surface area contributed by atoms with E-state index in [1.807, 2.05) is 11.9 Å². The molecule has 0 unspecified atom stereocenters. The number of likely N-dealkylation sites (tertiary alicyclic amines) is 1. The van der Waals surface area contributed by atoms with E-state index in [1.165, 1.54) is 0 Å². The second-order valence-corrected chi connectivity index (χ2v) is 2.76. The van der Waals surface area contributed by atoms with Crippen LogP contribution in [0.1, 0.15) is 12.8 Å². The molecule has 0 aromatic heterocycles. The highest BCUT2D eigenvalue weighted by molar-refractivity contribution is 5.40. The van der Waals surface area contributed by atoms with Crippen molar-refractivity contribution in [2.24, 2.45) is 0 Å². The highest BCUT2D eigenvalue weighted by Crippen LogP contribution is 2.08. The normalized spacial score (nSPS) is 19.5. The molecule has 0 aromatic rings. The van der Waals surface area contributed by atoms with Gasteiger partial charge < -0.3 is 10.2 Å². The summed E-state index contributed by atoms with van der Waals surface area (Å²) in [5, 5.41) is 3.21. The standard InChI is InChI=1S/C8H13N2O/c1-9-8-2-4-10(5-3-8)6-7-11/h8-9H,2-5H2,1H3. The van der Waals surface area contributed by atoms with Crippen LogP contribution in [0, 0.1) is 6.20 Å². The Bertz CT molecular complexity index is 155. The van der Waals surface area contributed by atoms with Crippen molar-refractivity contribution in [1.82, 2.24) is 10.2 Å². The maximum Gasteiger partial charge on any atom is 0.158 e. The summed E-state index contributed by atoms with van der Waals surface area (Å²) < 4.78 is 0. The van der Waals surface area contributed by atoms with Gasteiger partial charge in [0.25, 0.3) is 0 Å². The fraction of sp³-hybridized carbons (Fsp3) is 0.750. The number of hydrogen-bond donors (Lipinski definition) is 1. The summed E-state index contributed by atoms with van der Waals surface area (Å²) in [7, 11) is 1.97. The molecule has 1 fully saturated rings. The van der Waals surface area contributed by atoms with E-state index in [4.69, 9.17) is 0 Å². The minimum Gasteiger partial charge on any atom is -0.360 e. The lowest BCUT2D eigenvalue weighted by Gasteiger charge is -2.29. The Morgan fingerprint density at radius 2 is 2.09 bits per heavy atom. The van der Waals surface area contributed by atoms with Gasteiger partial charge in [0.15, 0.2) is 12.1 Å². The molecule has 1 aliphatic heterocycles. The van der Waals surface area contributed by atoms with Crippen molar-refractivity contribution in [3.05, 3.63) is 6.20 Å². The lowest BCUT2D eigenvalue weighted by molar-refractivity contribution is 0.257. The van der Waals surface area contributed by atoms with Crippen LogP contribution in [0.5, 0.6) is 0 Å². The first-order valence-corrected chi connectivity index (χ1v) is 3.92. The first kappa shape index (κ1) is 8.31. The number of nitrogens with one attached hydrogen (secondary N) is 1. The molecule has 0 atom stereocenters. The molecule has 1 radical (unpaired) electrons. The smallest absolute Gasteiger partial charge is 0.158 e. The minimum absolute atomic E-state index is 0.611. The fourth-order valence-corrected chi connectivity index (χ4v) is 1.34. The van der Waals surface area contributed by atoms with Gasteiger partial charge in [0.1, 0.15) is 0 Å². The van der Waals surface area contributed by atoms with Gasteiger partial charge in [0.2, 0.25) is 0 Å². The summed E-state index contributed by atoms with van der Waals surface area (Å²) >= 11 is 0. The Hall–Kier alpha value is -0.790. The first-order valence-electron chi connectivity index (χ1n) is 3.92. The minimum atomic E-state index is 0.611. The van der Waals surface area contributed by atoms with E-state index < -0.39 is 0 Å². The van der Waals surface area contributed by atoms with Crippen molar-refractivity contribution in [2.45, 2.75) is 18.9 Å². The van der Waals surface area contributed by atoms with Crippen molar-refractivity contribution >= 4 is 5.94 Å². The Morgan fingerprint density at radius 1 is 1.45 bits per heavy atom.